The van der Waals surface area contributed by atoms with Crippen LogP contribution in [-0.2, 0) is 13.1 Å². The van der Waals surface area contributed by atoms with E-state index in [-0.39, 0.29) is 29.1 Å². The first-order valence-corrected chi connectivity index (χ1v) is 11.4. The van der Waals surface area contributed by atoms with Crippen molar-refractivity contribution in [3.05, 3.63) is 57.3 Å². The molecule has 7 heteroatoms. The number of aryl methyl sites for hydroxylation is 1. The number of fused-ring (bicyclic) bond motifs is 4. The minimum atomic E-state index is -0.157. The van der Waals surface area contributed by atoms with Crippen molar-refractivity contribution in [2.45, 2.75) is 51.6 Å². The number of carbonyl (C=O) groups excluding carboxylic acids is 1. The zero-order valence-electron chi connectivity index (χ0n) is 18.1. The number of aromatic nitrogens is 2. The smallest absolute Gasteiger partial charge is 0.257 e. The average molecular weight is 423 g/mol. The highest BCUT2D eigenvalue weighted by molar-refractivity contribution is 5.97. The van der Waals surface area contributed by atoms with E-state index >= 15 is 0 Å². The van der Waals surface area contributed by atoms with Crippen LogP contribution in [0.4, 0.5) is 0 Å². The summed E-state index contributed by atoms with van der Waals surface area (Å²) in [5.41, 5.74) is 3.07. The van der Waals surface area contributed by atoms with Gasteiger partial charge in [-0.15, -0.1) is 0 Å². The molecule has 2 fully saturated rings. The van der Waals surface area contributed by atoms with Gasteiger partial charge in [0.1, 0.15) is 5.75 Å². The minimum absolute atomic E-state index is 0.0784. The Kier molecular flexibility index (Phi) is 5.30. The predicted molar refractivity (Wildman–Crippen MR) is 117 cm³/mol. The lowest BCUT2D eigenvalue weighted by atomic mass is 9.82. The second-order valence-electron chi connectivity index (χ2n) is 9.39. The maximum Gasteiger partial charge on any atom is 0.257 e. The van der Waals surface area contributed by atoms with Crippen LogP contribution in [0.3, 0.4) is 0 Å². The van der Waals surface area contributed by atoms with Crippen LogP contribution in [0.25, 0.3) is 0 Å². The molecule has 0 unspecified atom stereocenters. The fourth-order valence-electron chi connectivity index (χ4n) is 5.53. The molecule has 1 N–H and O–H groups in total. The van der Waals surface area contributed by atoms with Gasteiger partial charge < -0.3 is 14.6 Å². The third-order valence-corrected chi connectivity index (χ3v) is 7.06. The number of rotatable bonds is 3. The topological polar surface area (TPSA) is 78.7 Å². The van der Waals surface area contributed by atoms with E-state index in [1.807, 2.05) is 22.5 Å². The first-order valence-electron chi connectivity index (χ1n) is 11.4. The Morgan fingerprint density at radius 3 is 2.77 bits per heavy atom. The van der Waals surface area contributed by atoms with Crippen LogP contribution in [0.2, 0.25) is 0 Å². The first kappa shape index (κ1) is 20.2. The van der Waals surface area contributed by atoms with Crippen LogP contribution < -0.4 is 5.56 Å². The van der Waals surface area contributed by atoms with E-state index < -0.39 is 0 Å². The molecule has 3 aliphatic rings. The van der Waals surface area contributed by atoms with Crippen LogP contribution in [0.15, 0.2) is 29.2 Å². The van der Waals surface area contributed by atoms with Gasteiger partial charge in [0.15, 0.2) is 0 Å². The molecule has 31 heavy (non-hydrogen) atoms. The van der Waals surface area contributed by atoms with Crippen molar-refractivity contribution in [1.82, 2.24) is 19.4 Å². The van der Waals surface area contributed by atoms with Crippen LogP contribution in [0.5, 0.6) is 5.75 Å². The highest BCUT2D eigenvalue weighted by atomic mass is 16.3. The van der Waals surface area contributed by atoms with Crippen molar-refractivity contribution in [3.63, 3.8) is 0 Å². The fraction of sp³-hybridized carbons (Fsp3) is 0.542. The summed E-state index contributed by atoms with van der Waals surface area (Å²) in [6.07, 6.45) is 6.05. The second kappa shape index (κ2) is 8.11. The molecular formula is C24H30N4O3. The van der Waals surface area contributed by atoms with Crippen molar-refractivity contribution in [2.75, 3.05) is 26.2 Å². The molecular weight excluding hydrogens is 392 g/mol. The zero-order valence-corrected chi connectivity index (χ0v) is 18.1. The third kappa shape index (κ3) is 3.87. The van der Waals surface area contributed by atoms with E-state index in [1.54, 1.807) is 6.07 Å². The summed E-state index contributed by atoms with van der Waals surface area (Å²) in [4.78, 5) is 34.7. The summed E-state index contributed by atoms with van der Waals surface area (Å²) in [5.74, 6) is 0.169. The molecule has 0 aromatic carbocycles. The van der Waals surface area contributed by atoms with Gasteiger partial charge in [-0.2, -0.15) is 0 Å². The number of nitrogens with zero attached hydrogens (tertiary/aromatic N) is 4. The Hall–Kier alpha value is -2.67. The zero-order chi connectivity index (χ0) is 21.5. The summed E-state index contributed by atoms with van der Waals surface area (Å²) < 4.78 is 1.97. The van der Waals surface area contributed by atoms with Crippen molar-refractivity contribution < 1.29 is 9.90 Å². The number of hydrogen-bond acceptors (Lipinski definition) is 5. The molecule has 5 rings (SSSR count). The van der Waals surface area contributed by atoms with Crippen LogP contribution in [0.1, 0.15) is 58.9 Å². The van der Waals surface area contributed by atoms with Gasteiger partial charge in [-0.1, -0.05) is 12.5 Å². The first-order chi connectivity index (χ1) is 15.0. The molecule has 0 saturated carbocycles. The van der Waals surface area contributed by atoms with E-state index in [2.05, 4.69) is 16.0 Å². The molecule has 3 aliphatic heterocycles. The lowest BCUT2D eigenvalue weighted by Gasteiger charge is -2.43. The molecule has 5 heterocycles. The Morgan fingerprint density at radius 2 is 1.97 bits per heavy atom. The third-order valence-electron chi connectivity index (χ3n) is 7.06. The minimum Gasteiger partial charge on any atom is -0.505 e. The molecule has 2 saturated heterocycles. The van der Waals surface area contributed by atoms with E-state index in [1.165, 1.54) is 25.5 Å². The normalized spacial score (nSPS) is 23.5. The molecule has 2 atom stereocenters. The van der Waals surface area contributed by atoms with E-state index in [4.69, 9.17) is 0 Å². The fourth-order valence-corrected chi connectivity index (χ4v) is 5.53. The maximum atomic E-state index is 13.3. The molecule has 2 aromatic heterocycles. The van der Waals surface area contributed by atoms with Gasteiger partial charge >= 0.3 is 0 Å². The number of likely N-dealkylation sites (tertiary alicyclic amines) is 2. The molecule has 7 nitrogen and oxygen atoms in total. The van der Waals surface area contributed by atoms with Crippen LogP contribution >= 0.6 is 0 Å². The van der Waals surface area contributed by atoms with E-state index in [9.17, 15) is 14.7 Å². The summed E-state index contributed by atoms with van der Waals surface area (Å²) in [6.45, 7) is 6.53. The Labute approximate surface area is 182 Å². The van der Waals surface area contributed by atoms with Gasteiger partial charge in [-0.25, -0.2) is 0 Å². The number of pyridine rings is 2. The van der Waals surface area contributed by atoms with E-state index in [0.29, 0.717) is 30.9 Å². The summed E-state index contributed by atoms with van der Waals surface area (Å²) in [7, 11) is 0. The lowest BCUT2D eigenvalue weighted by Crippen LogP contribution is -2.49. The molecule has 164 valence electrons. The summed E-state index contributed by atoms with van der Waals surface area (Å²) in [5, 5.41) is 10.1. The second-order valence-corrected chi connectivity index (χ2v) is 9.39. The quantitative estimate of drug-likeness (QED) is 0.822. The molecule has 0 spiro atoms. The highest BCUT2D eigenvalue weighted by Gasteiger charge is 2.37. The Morgan fingerprint density at radius 1 is 1.16 bits per heavy atom. The maximum absolute atomic E-state index is 13.3. The van der Waals surface area contributed by atoms with Gasteiger partial charge in [-0.05, 0) is 57.3 Å². The molecule has 0 aliphatic carbocycles. The van der Waals surface area contributed by atoms with Gasteiger partial charge in [0.05, 0.1) is 11.8 Å². The summed E-state index contributed by atoms with van der Waals surface area (Å²) in [6, 6.07) is 5.75. The summed E-state index contributed by atoms with van der Waals surface area (Å²) >= 11 is 0. The van der Waals surface area contributed by atoms with Gasteiger partial charge in [-0.3, -0.25) is 19.5 Å². The molecule has 0 radical (unpaired) electrons. The van der Waals surface area contributed by atoms with Crippen LogP contribution in [0, 0.1) is 12.8 Å². The number of hydrogen-bond donors (Lipinski definition) is 1. The Balaban J connectivity index is 1.38. The van der Waals surface area contributed by atoms with Crippen molar-refractivity contribution >= 4 is 5.91 Å². The van der Waals surface area contributed by atoms with Crippen molar-refractivity contribution in [1.29, 1.82) is 0 Å². The molecule has 1 amide bonds. The lowest BCUT2D eigenvalue weighted by molar-refractivity contribution is 0.0591. The van der Waals surface area contributed by atoms with Gasteiger partial charge in [0, 0.05) is 49.0 Å². The van der Waals surface area contributed by atoms with Crippen molar-refractivity contribution in [3.8, 4) is 5.75 Å². The Bertz CT molecular complexity index is 1060. The number of amides is 1. The highest BCUT2D eigenvalue weighted by Crippen LogP contribution is 2.36. The molecule has 2 aromatic rings. The molecule has 2 bridgehead atoms. The van der Waals surface area contributed by atoms with Crippen molar-refractivity contribution in [2.24, 2.45) is 5.92 Å². The number of aromatic hydroxyl groups is 1. The number of piperidine rings is 2. The van der Waals surface area contributed by atoms with Gasteiger partial charge in [0.25, 0.3) is 11.5 Å². The SMILES string of the molecule is Cc1cc(C(=O)N2C[C@@H]3C[C@H](C2)c2ccc(CN4CCCCC4)c(=O)n2C3)c(O)cn1. The van der Waals surface area contributed by atoms with Crippen LogP contribution in [-0.4, -0.2) is 56.5 Å². The predicted octanol–water partition coefficient (Wildman–Crippen LogP) is 2.50. The van der Waals surface area contributed by atoms with Gasteiger partial charge in [0.2, 0.25) is 0 Å². The monoisotopic (exact) mass is 422 g/mol. The largest absolute Gasteiger partial charge is 0.505 e. The number of carbonyl (C=O) groups is 1. The van der Waals surface area contributed by atoms with E-state index in [0.717, 1.165) is 37.3 Å². The standard InChI is InChI=1S/C24H30N4O3/c1-16-9-20(22(29)11-25-16)24(31)27-12-17-10-19(15-27)21-6-5-18(23(30)28(21)13-17)14-26-7-3-2-4-8-26/h5-6,9,11,17,19,29H,2-4,7-8,10,12-15H2,1H3/t17-,19+/m0/s1. The average Bonchev–Trinajstić information content (AvgIpc) is 2.78.